The predicted octanol–water partition coefficient (Wildman–Crippen LogP) is 4.85. The van der Waals surface area contributed by atoms with Crippen LogP contribution in [0.15, 0.2) is 46.9 Å². The number of ether oxygens (including phenoxy) is 1. The third kappa shape index (κ3) is 3.65. The van der Waals surface area contributed by atoms with Gasteiger partial charge in [-0.05, 0) is 50.2 Å². The standard InChI is InChI=1S/C20H16BrN3O3S/c1-10-18(25)22-15-9-12(6-7-16(15)27-10)17-11(2)28-20(23-17)24-19(26)13-4-3-5-14(21)8-13/h3-10H,1-2H3,(H,22,25)(H,23,24,26)/t10-/m1/s1. The Morgan fingerprint density at radius 3 is 2.89 bits per heavy atom. The Morgan fingerprint density at radius 1 is 1.29 bits per heavy atom. The number of hydrogen-bond acceptors (Lipinski definition) is 5. The second-order valence-corrected chi connectivity index (χ2v) is 8.47. The van der Waals surface area contributed by atoms with Crippen LogP contribution in [-0.4, -0.2) is 22.9 Å². The highest BCUT2D eigenvalue weighted by Gasteiger charge is 2.24. The van der Waals surface area contributed by atoms with Gasteiger partial charge in [0.25, 0.3) is 11.8 Å². The van der Waals surface area contributed by atoms with Crippen molar-refractivity contribution in [3.63, 3.8) is 0 Å². The maximum Gasteiger partial charge on any atom is 0.265 e. The van der Waals surface area contributed by atoms with Crippen molar-refractivity contribution in [1.29, 1.82) is 0 Å². The molecule has 6 nitrogen and oxygen atoms in total. The Bertz CT molecular complexity index is 1100. The molecule has 0 fully saturated rings. The van der Waals surface area contributed by atoms with Crippen LogP contribution in [0, 0.1) is 6.92 Å². The summed E-state index contributed by atoms with van der Waals surface area (Å²) < 4.78 is 6.43. The molecule has 0 spiro atoms. The molecule has 0 aliphatic carbocycles. The van der Waals surface area contributed by atoms with Crippen LogP contribution in [-0.2, 0) is 4.79 Å². The largest absolute Gasteiger partial charge is 0.479 e. The van der Waals surface area contributed by atoms with Gasteiger partial charge in [-0.15, -0.1) is 11.3 Å². The van der Waals surface area contributed by atoms with Crippen molar-refractivity contribution in [2.24, 2.45) is 0 Å². The van der Waals surface area contributed by atoms with Crippen molar-refractivity contribution in [1.82, 2.24) is 4.98 Å². The summed E-state index contributed by atoms with van der Waals surface area (Å²) in [5.41, 5.74) is 2.76. The average molecular weight is 458 g/mol. The van der Waals surface area contributed by atoms with Crippen LogP contribution in [0.3, 0.4) is 0 Å². The smallest absolute Gasteiger partial charge is 0.265 e. The Balaban J connectivity index is 1.59. The van der Waals surface area contributed by atoms with Crippen LogP contribution in [0.4, 0.5) is 10.8 Å². The molecule has 0 saturated heterocycles. The zero-order valence-electron chi connectivity index (χ0n) is 15.1. The number of carbonyl (C=O) groups excluding carboxylic acids is 2. The van der Waals surface area contributed by atoms with Gasteiger partial charge in [-0.3, -0.25) is 14.9 Å². The Kier molecular flexibility index (Phi) is 4.91. The molecule has 0 bridgehead atoms. The number of anilines is 2. The molecule has 1 aliphatic rings. The van der Waals surface area contributed by atoms with E-state index in [-0.39, 0.29) is 11.8 Å². The molecule has 3 aromatic rings. The quantitative estimate of drug-likeness (QED) is 0.588. The van der Waals surface area contributed by atoms with Gasteiger partial charge in [0, 0.05) is 20.5 Å². The first-order valence-electron chi connectivity index (χ1n) is 8.57. The minimum Gasteiger partial charge on any atom is -0.479 e. The van der Waals surface area contributed by atoms with Crippen molar-refractivity contribution in [2.45, 2.75) is 20.0 Å². The zero-order valence-corrected chi connectivity index (χ0v) is 17.5. The van der Waals surface area contributed by atoms with E-state index >= 15 is 0 Å². The van der Waals surface area contributed by atoms with Crippen LogP contribution in [0.1, 0.15) is 22.2 Å². The van der Waals surface area contributed by atoms with Crippen LogP contribution in [0.25, 0.3) is 11.3 Å². The molecule has 0 unspecified atom stereocenters. The van der Waals surface area contributed by atoms with E-state index in [9.17, 15) is 9.59 Å². The van der Waals surface area contributed by atoms with Gasteiger partial charge in [-0.1, -0.05) is 22.0 Å². The summed E-state index contributed by atoms with van der Waals surface area (Å²) in [4.78, 5) is 29.8. The summed E-state index contributed by atoms with van der Waals surface area (Å²) in [5.74, 6) is 0.232. The molecule has 2 N–H and O–H groups in total. The Morgan fingerprint density at radius 2 is 2.11 bits per heavy atom. The van der Waals surface area contributed by atoms with Gasteiger partial charge in [-0.2, -0.15) is 0 Å². The Labute approximate surface area is 174 Å². The van der Waals surface area contributed by atoms with Crippen LogP contribution < -0.4 is 15.4 Å². The number of amides is 2. The number of fused-ring (bicyclic) bond motifs is 1. The molecule has 0 radical (unpaired) electrons. The van der Waals surface area contributed by atoms with E-state index < -0.39 is 6.10 Å². The number of nitrogens with one attached hydrogen (secondary N) is 2. The molecular formula is C20H16BrN3O3S. The lowest BCUT2D eigenvalue weighted by Crippen LogP contribution is -2.34. The first kappa shape index (κ1) is 18.6. The molecule has 0 saturated carbocycles. The second kappa shape index (κ2) is 7.37. The minimum atomic E-state index is -0.515. The van der Waals surface area contributed by atoms with Gasteiger partial charge in [0.2, 0.25) is 0 Å². The first-order valence-corrected chi connectivity index (χ1v) is 10.2. The monoisotopic (exact) mass is 457 g/mol. The van der Waals surface area contributed by atoms with Gasteiger partial charge in [0.1, 0.15) is 5.75 Å². The lowest BCUT2D eigenvalue weighted by molar-refractivity contribution is -0.122. The second-order valence-electron chi connectivity index (χ2n) is 6.35. The van der Waals surface area contributed by atoms with Gasteiger partial charge in [-0.25, -0.2) is 4.98 Å². The number of thiazole rings is 1. The third-order valence-corrected chi connectivity index (χ3v) is 5.67. The number of aromatic nitrogens is 1. The molecule has 2 amide bonds. The van der Waals surface area contributed by atoms with Gasteiger partial charge >= 0.3 is 0 Å². The van der Waals surface area contributed by atoms with Crippen molar-refractivity contribution >= 4 is 49.9 Å². The van der Waals surface area contributed by atoms with Gasteiger partial charge in [0.15, 0.2) is 11.2 Å². The average Bonchev–Trinajstić information content (AvgIpc) is 3.02. The lowest BCUT2D eigenvalue weighted by Gasteiger charge is -2.23. The van der Waals surface area contributed by atoms with E-state index in [1.165, 1.54) is 11.3 Å². The maximum atomic E-state index is 12.5. The summed E-state index contributed by atoms with van der Waals surface area (Å²) in [6.45, 7) is 3.65. The van der Waals surface area contributed by atoms with Gasteiger partial charge < -0.3 is 10.1 Å². The summed E-state index contributed by atoms with van der Waals surface area (Å²) in [6, 6.07) is 12.7. The van der Waals surface area contributed by atoms with Crippen LogP contribution >= 0.6 is 27.3 Å². The molecule has 2 heterocycles. The number of rotatable bonds is 3. The summed E-state index contributed by atoms with van der Waals surface area (Å²) in [7, 11) is 0. The van der Waals surface area contributed by atoms with Crippen LogP contribution in [0.2, 0.25) is 0 Å². The number of aryl methyl sites for hydroxylation is 1. The maximum absolute atomic E-state index is 12.5. The minimum absolute atomic E-state index is 0.179. The van der Waals surface area contributed by atoms with Crippen LogP contribution in [0.5, 0.6) is 5.75 Å². The number of nitrogens with zero attached hydrogens (tertiary/aromatic N) is 1. The molecule has 1 aromatic heterocycles. The topological polar surface area (TPSA) is 80.3 Å². The number of hydrogen-bond donors (Lipinski definition) is 2. The fraction of sp³-hybridized carbons (Fsp3) is 0.150. The number of benzene rings is 2. The highest BCUT2D eigenvalue weighted by atomic mass is 79.9. The van der Waals surface area contributed by atoms with E-state index in [1.54, 1.807) is 19.1 Å². The SMILES string of the molecule is Cc1sc(NC(=O)c2cccc(Br)c2)nc1-c1ccc2c(c1)NC(=O)[C@@H](C)O2. The summed E-state index contributed by atoms with van der Waals surface area (Å²) in [6.07, 6.45) is -0.515. The molecule has 2 aromatic carbocycles. The lowest BCUT2D eigenvalue weighted by atomic mass is 10.1. The molecule has 142 valence electrons. The Hall–Kier alpha value is -2.71. The van der Waals surface area contributed by atoms with E-state index in [0.29, 0.717) is 22.1 Å². The fourth-order valence-corrected chi connectivity index (χ4v) is 4.10. The predicted molar refractivity (Wildman–Crippen MR) is 113 cm³/mol. The normalized spacial score (nSPS) is 15.4. The van der Waals surface area contributed by atoms with E-state index in [0.717, 1.165) is 20.6 Å². The van der Waals surface area contributed by atoms with Gasteiger partial charge in [0.05, 0.1) is 11.4 Å². The molecule has 28 heavy (non-hydrogen) atoms. The summed E-state index contributed by atoms with van der Waals surface area (Å²) >= 11 is 4.77. The molecule has 1 aliphatic heterocycles. The van der Waals surface area contributed by atoms with Crippen molar-refractivity contribution < 1.29 is 14.3 Å². The fourth-order valence-electron chi connectivity index (χ4n) is 2.87. The van der Waals surface area contributed by atoms with Crippen molar-refractivity contribution in [3.8, 4) is 17.0 Å². The highest BCUT2D eigenvalue weighted by molar-refractivity contribution is 9.10. The highest BCUT2D eigenvalue weighted by Crippen LogP contribution is 2.37. The van der Waals surface area contributed by atoms with Crippen molar-refractivity contribution in [2.75, 3.05) is 10.6 Å². The van der Waals surface area contributed by atoms with Crippen molar-refractivity contribution in [3.05, 3.63) is 57.4 Å². The zero-order chi connectivity index (χ0) is 19.8. The molecule has 1 atom stereocenters. The molecule has 4 rings (SSSR count). The number of halogens is 1. The van der Waals surface area contributed by atoms with E-state index in [2.05, 4.69) is 31.5 Å². The molecular weight excluding hydrogens is 442 g/mol. The third-order valence-electron chi connectivity index (χ3n) is 4.29. The number of carbonyl (C=O) groups is 2. The summed E-state index contributed by atoms with van der Waals surface area (Å²) in [5, 5.41) is 6.21. The van der Waals surface area contributed by atoms with E-state index in [4.69, 9.17) is 4.74 Å². The van der Waals surface area contributed by atoms with E-state index in [1.807, 2.05) is 37.3 Å². The first-order chi connectivity index (χ1) is 13.4. The molecule has 8 heteroatoms.